The second kappa shape index (κ2) is 10.7. The molecular weight excluding hydrogens is 497 g/mol. The van der Waals surface area contributed by atoms with Gasteiger partial charge < -0.3 is 16.4 Å². The number of halogens is 1. The van der Waals surface area contributed by atoms with Crippen LogP contribution in [0, 0.1) is 5.82 Å². The molecule has 2 amide bonds. The van der Waals surface area contributed by atoms with Gasteiger partial charge in [-0.1, -0.05) is 29.5 Å². The second-order valence-electron chi connectivity index (χ2n) is 9.84. The molecule has 5 rings (SSSR count). The number of nitrogens with one attached hydrogen (secondary N) is 3. The number of rotatable bonds is 7. The summed E-state index contributed by atoms with van der Waals surface area (Å²) < 4.78 is 13.5. The molecule has 4 aromatic rings. The summed E-state index contributed by atoms with van der Waals surface area (Å²) in [6, 6.07) is 17.2. The highest BCUT2D eigenvalue weighted by molar-refractivity contribution is 5.95. The van der Waals surface area contributed by atoms with Crippen LogP contribution in [0.1, 0.15) is 60.8 Å². The standard InChI is InChI=1S/C29H30FN7O2/c1-32-26(38)20-7-11-24-18(14-20)5-6-19-15-21(27(39)33-2)8-12-25(19)29(24,28-34-36-37-35-28)16-23(31)13-17-3-9-22(30)10-4-17/h3-4,7-12,14-15,23H,5-6,13,16,31H2,1-2H3,(H,32,38)(H,33,39)(H,34,35,36,37)/t23-/m1/s1. The number of benzene rings is 3. The Morgan fingerprint density at radius 1 is 0.949 bits per heavy atom. The van der Waals surface area contributed by atoms with Gasteiger partial charge in [0.25, 0.3) is 11.8 Å². The number of carbonyl (C=O) groups is 2. The summed E-state index contributed by atoms with van der Waals surface area (Å²) in [4.78, 5) is 25.0. The summed E-state index contributed by atoms with van der Waals surface area (Å²) in [5, 5.41) is 20.8. The molecule has 200 valence electrons. The molecule has 5 N–H and O–H groups in total. The zero-order valence-electron chi connectivity index (χ0n) is 21.8. The van der Waals surface area contributed by atoms with Crippen LogP contribution in [-0.2, 0) is 24.7 Å². The van der Waals surface area contributed by atoms with E-state index in [-0.39, 0.29) is 23.7 Å². The number of hydrogen-bond donors (Lipinski definition) is 4. The normalized spacial score (nSPS) is 14.5. The summed E-state index contributed by atoms with van der Waals surface area (Å²) in [7, 11) is 3.20. The average Bonchev–Trinajstić information content (AvgIpc) is 3.46. The van der Waals surface area contributed by atoms with Crippen molar-refractivity contribution in [3.63, 3.8) is 0 Å². The third-order valence-electron chi connectivity index (χ3n) is 7.48. The van der Waals surface area contributed by atoms with Crippen molar-refractivity contribution in [3.05, 3.63) is 111 Å². The van der Waals surface area contributed by atoms with Crippen LogP contribution in [0.5, 0.6) is 0 Å². The molecular formula is C29H30FN7O2. The molecule has 0 radical (unpaired) electrons. The first kappa shape index (κ1) is 26.2. The maximum Gasteiger partial charge on any atom is 0.251 e. The average molecular weight is 528 g/mol. The number of carbonyl (C=O) groups excluding carboxylic acids is 2. The van der Waals surface area contributed by atoms with E-state index in [2.05, 4.69) is 31.3 Å². The maximum absolute atomic E-state index is 13.5. The minimum absolute atomic E-state index is 0.181. The van der Waals surface area contributed by atoms with E-state index < -0.39 is 5.41 Å². The molecule has 1 atom stereocenters. The van der Waals surface area contributed by atoms with Gasteiger partial charge in [-0.3, -0.25) is 9.59 Å². The third kappa shape index (κ3) is 4.90. The van der Waals surface area contributed by atoms with E-state index in [0.717, 1.165) is 27.8 Å². The zero-order valence-corrected chi connectivity index (χ0v) is 21.8. The minimum atomic E-state index is -0.921. The highest BCUT2D eigenvalue weighted by atomic mass is 19.1. The van der Waals surface area contributed by atoms with Crippen LogP contribution < -0.4 is 16.4 Å². The Morgan fingerprint density at radius 3 is 2.00 bits per heavy atom. The molecule has 0 fully saturated rings. The molecule has 1 aliphatic carbocycles. The van der Waals surface area contributed by atoms with Gasteiger partial charge in [0, 0.05) is 31.3 Å². The molecule has 1 aromatic heterocycles. The maximum atomic E-state index is 13.5. The molecule has 0 unspecified atom stereocenters. The predicted molar refractivity (Wildman–Crippen MR) is 144 cm³/mol. The van der Waals surface area contributed by atoms with Crippen molar-refractivity contribution in [3.8, 4) is 0 Å². The summed E-state index contributed by atoms with van der Waals surface area (Å²) in [5.74, 6) is -0.220. The zero-order chi connectivity index (χ0) is 27.6. The second-order valence-corrected chi connectivity index (χ2v) is 9.84. The summed E-state index contributed by atoms with van der Waals surface area (Å²) in [6.45, 7) is 0. The molecule has 1 heterocycles. The largest absolute Gasteiger partial charge is 0.355 e. The molecule has 9 nitrogen and oxygen atoms in total. The fourth-order valence-electron chi connectivity index (χ4n) is 5.70. The van der Waals surface area contributed by atoms with Gasteiger partial charge in [-0.2, -0.15) is 5.21 Å². The number of aromatic amines is 1. The van der Waals surface area contributed by atoms with Crippen molar-refractivity contribution in [2.75, 3.05) is 14.1 Å². The number of amides is 2. The van der Waals surface area contributed by atoms with Crippen LogP contribution >= 0.6 is 0 Å². The van der Waals surface area contributed by atoms with Crippen molar-refractivity contribution in [1.29, 1.82) is 0 Å². The summed E-state index contributed by atoms with van der Waals surface area (Å²) >= 11 is 0. The van der Waals surface area contributed by atoms with Crippen LogP contribution in [0.15, 0.2) is 60.7 Å². The van der Waals surface area contributed by atoms with E-state index in [1.54, 1.807) is 38.4 Å². The molecule has 0 aliphatic heterocycles. The van der Waals surface area contributed by atoms with Crippen molar-refractivity contribution in [2.45, 2.75) is 37.1 Å². The number of aryl methyl sites for hydroxylation is 2. The lowest BCUT2D eigenvalue weighted by Crippen LogP contribution is -2.40. The van der Waals surface area contributed by atoms with Gasteiger partial charge in [0.15, 0.2) is 5.82 Å². The first-order valence-electron chi connectivity index (χ1n) is 12.8. The first-order chi connectivity index (χ1) is 18.8. The SMILES string of the molecule is CNC(=O)c1ccc2c(c1)CCc1cc(C(=O)NC)ccc1C2(C[C@H](N)Cc1ccc(F)cc1)c1nn[nH]n1. The van der Waals surface area contributed by atoms with Crippen LogP contribution in [0.2, 0.25) is 0 Å². The van der Waals surface area contributed by atoms with Crippen LogP contribution in [0.25, 0.3) is 0 Å². The molecule has 1 aliphatic rings. The highest BCUT2D eigenvalue weighted by Gasteiger charge is 2.45. The van der Waals surface area contributed by atoms with Gasteiger partial charge in [-0.15, -0.1) is 10.2 Å². The van der Waals surface area contributed by atoms with Gasteiger partial charge in [0.1, 0.15) is 5.82 Å². The van der Waals surface area contributed by atoms with Crippen molar-refractivity contribution in [2.24, 2.45) is 5.73 Å². The van der Waals surface area contributed by atoms with Crippen molar-refractivity contribution < 1.29 is 14.0 Å². The number of nitrogens with two attached hydrogens (primary N) is 1. The van der Waals surface area contributed by atoms with E-state index in [0.29, 0.717) is 42.6 Å². The lowest BCUT2D eigenvalue weighted by atomic mass is 9.67. The van der Waals surface area contributed by atoms with E-state index in [1.807, 2.05) is 24.3 Å². The summed E-state index contributed by atoms with van der Waals surface area (Å²) in [5.41, 5.74) is 11.7. The van der Waals surface area contributed by atoms with E-state index >= 15 is 0 Å². The van der Waals surface area contributed by atoms with Gasteiger partial charge in [-0.25, -0.2) is 4.39 Å². The number of hydrogen-bond acceptors (Lipinski definition) is 6. The minimum Gasteiger partial charge on any atom is -0.355 e. The number of nitrogens with zero attached hydrogens (tertiary/aromatic N) is 3. The molecule has 0 bridgehead atoms. The monoisotopic (exact) mass is 527 g/mol. The Morgan fingerprint density at radius 2 is 1.51 bits per heavy atom. The molecule has 39 heavy (non-hydrogen) atoms. The fourth-order valence-corrected chi connectivity index (χ4v) is 5.70. The molecule has 0 saturated heterocycles. The Balaban J connectivity index is 1.71. The number of aromatic nitrogens is 4. The fraction of sp³-hybridized carbons (Fsp3) is 0.276. The molecule has 3 aromatic carbocycles. The van der Waals surface area contributed by atoms with Crippen LogP contribution in [0.4, 0.5) is 4.39 Å². The Labute approximate surface area is 225 Å². The molecule has 10 heteroatoms. The Bertz CT molecular complexity index is 1440. The quantitative estimate of drug-likeness (QED) is 0.291. The van der Waals surface area contributed by atoms with Gasteiger partial charge in [0.05, 0.1) is 5.41 Å². The van der Waals surface area contributed by atoms with Gasteiger partial charge in [-0.05, 0) is 89.9 Å². The smallest absolute Gasteiger partial charge is 0.251 e. The Kier molecular flexibility index (Phi) is 7.21. The third-order valence-corrected chi connectivity index (χ3v) is 7.48. The lowest BCUT2D eigenvalue weighted by molar-refractivity contribution is 0.0955. The van der Waals surface area contributed by atoms with Crippen LogP contribution in [-0.4, -0.2) is 52.6 Å². The summed E-state index contributed by atoms with van der Waals surface area (Å²) in [6.07, 6.45) is 2.17. The van der Waals surface area contributed by atoms with E-state index in [1.165, 1.54) is 12.1 Å². The molecule has 0 saturated carbocycles. The molecule has 0 spiro atoms. The number of tetrazole rings is 1. The Hall–Kier alpha value is -4.44. The van der Waals surface area contributed by atoms with E-state index in [9.17, 15) is 14.0 Å². The van der Waals surface area contributed by atoms with Crippen molar-refractivity contribution in [1.82, 2.24) is 31.3 Å². The number of H-pyrrole nitrogens is 1. The van der Waals surface area contributed by atoms with Crippen molar-refractivity contribution >= 4 is 11.8 Å². The first-order valence-corrected chi connectivity index (χ1v) is 12.8. The van der Waals surface area contributed by atoms with Gasteiger partial charge in [0.2, 0.25) is 0 Å². The van der Waals surface area contributed by atoms with Gasteiger partial charge >= 0.3 is 0 Å². The van der Waals surface area contributed by atoms with E-state index in [4.69, 9.17) is 5.73 Å². The van der Waals surface area contributed by atoms with Crippen LogP contribution in [0.3, 0.4) is 0 Å². The highest BCUT2D eigenvalue weighted by Crippen LogP contribution is 2.47. The predicted octanol–water partition coefficient (Wildman–Crippen LogP) is 2.45. The topological polar surface area (TPSA) is 139 Å². The lowest BCUT2D eigenvalue weighted by Gasteiger charge is -2.36. The number of fused-ring (bicyclic) bond motifs is 2.